The molecule has 1 aromatic carbocycles. The average molecular weight is 305 g/mol. The maximum absolute atomic E-state index is 9.94. The Hall–Kier alpha value is -1.36. The largest absolute Gasteiger partial charge is 0.491 e. The lowest BCUT2D eigenvalue weighted by Gasteiger charge is -2.15. The molecule has 0 aliphatic heterocycles. The van der Waals surface area contributed by atoms with Gasteiger partial charge in [0.25, 0.3) is 0 Å². The minimum Gasteiger partial charge on any atom is -0.491 e. The maximum atomic E-state index is 9.94. The fourth-order valence-corrected chi connectivity index (χ4v) is 2.75. The number of hydrogen-bond acceptors (Lipinski definition) is 4. The van der Waals surface area contributed by atoms with Gasteiger partial charge in [0.1, 0.15) is 18.5 Å². The van der Waals surface area contributed by atoms with E-state index in [0.717, 1.165) is 24.3 Å². The highest BCUT2D eigenvalue weighted by atomic mass is 32.1. The van der Waals surface area contributed by atoms with Crippen molar-refractivity contribution in [3.05, 3.63) is 51.7 Å². The van der Waals surface area contributed by atoms with Crippen molar-refractivity contribution in [3.63, 3.8) is 0 Å². The highest BCUT2D eigenvalue weighted by Gasteiger charge is 2.06. The zero-order valence-corrected chi connectivity index (χ0v) is 13.5. The van der Waals surface area contributed by atoms with Crippen LogP contribution >= 0.6 is 11.3 Å². The van der Waals surface area contributed by atoms with Crippen molar-refractivity contribution in [3.8, 4) is 5.75 Å². The molecule has 0 aliphatic carbocycles. The molecule has 1 unspecified atom stereocenters. The van der Waals surface area contributed by atoms with Gasteiger partial charge in [-0.05, 0) is 48.9 Å². The molecular weight excluding hydrogens is 282 g/mol. The van der Waals surface area contributed by atoms with E-state index in [9.17, 15) is 5.11 Å². The minimum atomic E-state index is -0.492. The van der Waals surface area contributed by atoms with Crippen molar-refractivity contribution in [2.75, 3.05) is 19.7 Å². The second-order valence-electron chi connectivity index (χ2n) is 5.27. The molecule has 0 saturated carbocycles. The summed E-state index contributed by atoms with van der Waals surface area (Å²) in [6.07, 6.45) is 0.510. The van der Waals surface area contributed by atoms with Gasteiger partial charge in [-0.2, -0.15) is 0 Å². The van der Waals surface area contributed by atoms with Gasteiger partial charge >= 0.3 is 0 Å². The SMILES string of the molecule is Cc1ccc(C)c(OCC(O)CNCCc2cccs2)c1. The topological polar surface area (TPSA) is 41.5 Å². The average Bonchev–Trinajstić information content (AvgIpc) is 2.98. The molecule has 0 aliphatic rings. The molecule has 2 rings (SSSR count). The fraction of sp³-hybridized carbons (Fsp3) is 0.412. The van der Waals surface area contributed by atoms with E-state index in [1.165, 1.54) is 10.4 Å². The lowest BCUT2D eigenvalue weighted by Crippen LogP contribution is -2.32. The number of ether oxygens (including phenoxy) is 1. The molecule has 4 heteroatoms. The van der Waals surface area contributed by atoms with Crippen LogP contribution in [0.3, 0.4) is 0 Å². The van der Waals surface area contributed by atoms with Crippen LogP contribution in [0.25, 0.3) is 0 Å². The summed E-state index contributed by atoms with van der Waals surface area (Å²) in [5.74, 6) is 0.854. The van der Waals surface area contributed by atoms with Gasteiger partial charge < -0.3 is 15.2 Å². The van der Waals surface area contributed by atoms with E-state index in [1.807, 2.05) is 26.0 Å². The van der Waals surface area contributed by atoms with Crippen LogP contribution in [0.2, 0.25) is 0 Å². The smallest absolute Gasteiger partial charge is 0.122 e. The van der Waals surface area contributed by atoms with Gasteiger partial charge in [0, 0.05) is 18.0 Å². The first-order chi connectivity index (χ1) is 10.1. The molecule has 0 bridgehead atoms. The summed E-state index contributed by atoms with van der Waals surface area (Å²) in [6, 6.07) is 10.3. The van der Waals surface area contributed by atoms with Crippen LogP contribution in [0.1, 0.15) is 16.0 Å². The molecule has 2 N–H and O–H groups in total. The third-order valence-electron chi connectivity index (χ3n) is 3.28. The number of aliphatic hydroxyl groups is 1. The van der Waals surface area contributed by atoms with E-state index in [1.54, 1.807) is 11.3 Å². The van der Waals surface area contributed by atoms with Crippen molar-refractivity contribution in [2.45, 2.75) is 26.4 Å². The van der Waals surface area contributed by atoms with E-state index in [0.29, 0.717) is 13.2 Å². The summed E-state index contributed by atoms with van der Waals surface area (Å²) in [6.45, 7) is 5.79. The second kappa shape index (κ2) is 8.17. The van der Waals surface area contributed by atoms with Crippen LogP contribution in [-0.4, -0.2) is 30.9 Å². The van der Waals surface area contributed by atoms with Gasteiger partial charge in [0.05, 0.1) is 0 Å². The summed E-state index contributed by atoms with van der Waals surface area (Å²) >= 11 is 1.77. The number of aryl methyl sites for hydroxylation is 2. The van der Waals surface area contributed by atoms with Gasteiger partial charge in [-0.3, -0.25) is 0 Å². The number of thiophene rings is 1. The first-order valence-electron chi connectivity index (χ1n) is 7.26. The quantitative estimate of drug-likeness (QED) is 0.737. The molecule has 0 spiro atoms. The van der Waals surface area contributed by atoms with Gasteiger partial charge in [-0.15, -0.1) is 11.3 Å². The van der Waals surface area contributed by atoms with Gasteiger partial charge in [-0.1, -0.05) is 18.2 Å². The molecule has 2 aromatic rings. The molecule has 1 heterocycles. The molecule has 0 fully saturated rings. The molecule has 114 valence electrons. The van der Waals surface area contributed by atoms with E-state index >= 15 is 0 Å². The normalized spacial score (nSPS) is 12.3. The summed E-state index contributed by atoms with van der Waals surface area (Å²) in [7, 11) is 0. The van der Waals surface area contributed by atoms with Crippen LogP contribution in [0.4, 0.5) is 0 Å². The first kappa shape index (κ1) is 16.0. The van der Waals surface area contributed by atoms with Crippen LogP contribution in [0.15, 0.2) is 35.7 Å². The lowest BCUT2D eigenvalue weighted by atomic mass is 10.1. The molecule has 0 saturated heterocycles. The Morgan fingerprint density at radius 1 is 1.29 bits per heavy atom. The van der Waals surface area contributed by atoms with Gasteiger partial charge in [0.2, 0.25) is 0 Å². The molecule has 0 amide bonds. The fourth-order valence-electron chi connectivity index (χ4n) is 2.04. The van der Waals surface area contributed by atoms with Crippen molar-refractivity contribution in [1.82, 2.24) is 5.32 Å². The second-order valence-corrected chi connectivity index (χ2v) is 6.30. The van der Waals surface area contributed by atoms with Crippen LogP contribution in [0.5, 0.6) is 5.75 Å². The predicted molar refractivity (Wildman–Crippen MR) is 88.3 cm³/mol. The summed E-state index contributed by atoms with van der Waals surface area (Å²) < 4.78 is 5.69. The Morgan fingerprint density at radius 2 is 2.14 bits per heavy atom. The minimum absolute atomic E-state index is 0.316. The third kappa shape index (κ3) is 5.50. The van der Waals surface area contributed by atoms with Gasteiger partial charge in [0.15, 0.2) is 0 Å². The zero-order chi connectivity index (χ0) is 15.1. The summed E-state index contributed by atoms with van der Waals surface area (Å²) in [5.41, 5.74) is 2.26. The Balaban J connectivity index is 1.65. The van der Waals surface area contributed by atoms with Crippen LogP contribution in [-0.2, 0) is 6.42 Å². The summed E-state index contributed by atoms with van der Waals surface area (Å²) in [4.78, 5) is 1.36. The van der Waals surface area contributed by atoms with Crippen molar-refractivity contribution in [1.29, 1.82) is 0 Å². The predicted octanol–water partition coefficient (Wildman–Crippen LogP) is 2.94. The maximum Gasteiger partial charge on any atom is 0.122 e. The molecule has 0 radical (unpaired) electrons. The number of benzene rings is 1. The number of aliphatic hydroxyl groups excluding tert-OH is 1. The Labute approximate surface area is 130 Å². The molecule has 1 atom stereocenters. The first-order valence-corrected chi connectivity index (χ1v) is 8.14. The zero-order valence-electron chi connectivity index (χ0n) is 12.6. The Bertz CT molecular complexity index is 540. The van der Waals surface area contributed by atoms with E-state index in [-0.39, 0.29) is 0 Å². The third-order valence-corrected chi connectivity index (χ3v) is 4.22. The monoisotopic (exact) mass is 305 g/mol. The standard InChI is InChI=1S/C17H23NO2S/c1-13-5-6-14(2)17(10-13)20-12-15(19)11-18-8-7-16-4-3-9-21-16/h3-6,9-10,15,18-19H,7-8,11-12H2,1-2H3. The highest BCUT2D eigenvalue weighted by Crippen LogP contribution is 2.19. The lowest BCUT2D eigenvalue weighted by molar-refractivity contribution is 0.106. The Morgan fingerprint density at radius 3 is 2.90 bits per heavy atom. The number of hydrogen-bond donors (Lipinski definition) is 2. The van der Waals surface area contributed by atoms with Crippen molar-refractivity contribution in [2.24, 2.45) is 0 Å². The van der Waals surface area contributed by atoms with Crippen LogP contribution < -0.4 is 10.1 Å². The van der Waals surface area contributed by atoms with E-state index in [2.05, 4.69) is 28.9 Å². The highest BCUT2D eigenvalue weighted by molar-refractivity contribution is 7.09. The molecule has 3 nitrogen and oxygen atoms in total. The molecular formula is C17H23NO2S. The summed E-state index contributed by atoms with van der Waals surface area (Å²) in [5, 5.41) is 15.3. The number of rotatable bonds is 8. The number of nitrogens with one attached hydrogen (secondary N) is 1. The Kier molecular flexibility index (Phi) is 6.23. The van der Waals surface area contributed by atoms with E-state index < -0.39 is 6.10 Å². The van der Waals surface area contributed by atoms with E-state index in [4.69, 9.17) is 4.74 Å². The van der Waals surface area contributed by atoms with Crippen LogP contribution in [0, 0.1) is 13.8 Å². The van der Waals surface area contributed by atoms with Gasteiger partial charge in [-0.25, -0.2) is 0 Å². The van der Waals surface area contributed by atoms with Crippen molar-refractivity contribution >= 4 is 11.3 Å². The van der Waals surface area contributed by atoms with Crippen molar-refractivity contribution < 1.29 is 9.84 Å². The molecule has 21 heavy (non-hydrogen) atoms. The molecule has 1 aromatic heterocycles.